The zero-order valence-electron chi connectivity index (χ0n) is 9.16. The van der Waals surface area contributed by atoms with Crippen LogP contribution in [0.2, 0.25) is 0 Å². The van der Waals surface area contributed by atoms with Crippen LogP contribution in [0.1, 0.15) is 38.2 Å². The molecule has 0 bridgehead atoms. The maximum Gasteiger partial charge on any atom is 0.233 e. The molecule has 15 heavy (non-hydrogen) atoms. The highest BCUT2D eigenvalue weighted by Gasteiger charge is 1.96. The molecule has 0 aliphatic rings. The predicted octanol–water partition coefficient (Wildman–Crippen LogP) is 3.10. The number of carbonyl (C=O) groups excluding carboxylic acids is 1. The number of hydrogen-bond acceptors (Lipinski definition) is 2. The lowest BCUT2D eigenvalue weighted by Crippen LogP contribution is -1.97. The molecule has 2 heteroatoms. The topological polar surface area (TPSA) is 26.3 Å². The van der Waals surface area contributed by atoms with Crippen LogP contribution in [0.4, 0.5) is 0 Å². The minimum Gasteiger partial charge on any atom is -0.494 e. The van der Waals surface area contributed by atoms with Crippen molar-refractivity contribution in [2.75, 3.05) is 6.61 Å². The van der Waals surface area contributed by atoms with Gasteiger partial charge in [-0.25, -0.2) is 0 Å². The van der Waals surface area contributed by atoms with Gasteiger partial charge in [-0.1, -0.05) is 38.3 Å². The number of hydrogen-bond donors (Lipinski definition) is 0. The van der Waals surface area contributed by atoms with Crippen molar-refractivity contribution in [3.63, 3.8) is 0 Å². The molecule has 1 aromatic carbocycles. The Bertz CT molecular complexity index is 294. The van der Waals surface area contributed by atoms with Gasteiger partial charge in [-0.05, 0) is 18.6 Å². The summed E-state index contributed by atoms with van der Waals surface area (Å²) in [5.74, 6) is 0.757. The van der Waals surface area contributed by atoms with Crippen molar-refractivity contribution in [3.8, 4) is 5.75 Å². The second-order valence-corrected chi connectivity index (χ2v) is 3.54. The highest BCUT2D eigenvalue weighted by molar-refractivity contribution is 5.75. The second kappa shape index (κ2) is 7.04. The maximum absolute atomic E-state index is 10.4. The van der Waals surface area contributed by atoms with E-state index in [0.29, 0.717) is 5.56 Å². The summed E-state index contributed by atoms with van der Waals surface area (Å²) in [5.41, 5.74) is 0.543. The lowest BCUT2D eigenvalue weighted by atomic mass is 10.2. The molecule has 1 aromatic rings. The number of ether oxygens (including phenoxy) is 1. The monoisotopic (exact) mass is 205 g/mol. The number of unbranched alkanes of at least 4 members (excludes halogenated alkanes) is 3. The quantitative estimate of drug-likeness (QED) is 0.639. The SMILES string of the molecule is CCCCCCOc1cccc([C]=O)c1. The first kappa shape index (κ1) is 11.8. The fourth-order valence-corrected chi connectivity index (χ4v) is 1.37. The first-order valence-corrected chi connectivity index (χ1v) is 5.48. The Kier molecular flexibility index (Phi) is 5.52. The summed E-state index contributed by atoms with van der Waals surface area (Å²) < 4.78 is 5.52. The van der Waals surface area contributed by atoms with Crippen LogP contribution < -0.4 is 4.74 Å². The van der Waals surface area contributed by atoms with Gasteiger partial charge in [-0.2, -0.15) is 0 Å². The second-order valence-electron chi connectivity index (χ2n) is 3.54. The van der Waals surface area contributed by atoms with E-state index in [1.54, 1.807) is 12.1 Å². The first-order valence-electron chi connectivity index (χ1n) is 5.48. The summed E-state index contributed by atoms with van der Waals surface area (Å²) in [6.45, 7) is 2.91. The van der Waals surface area contributed by atoms with Crippen LogP contribution in [0.15, 0.2) is 24.3 Å². The van der Waals surface area contributed by atoms with E-state index in [1.807, 2.05) is 18.4 Å². The smallest absolute Gasteiger partial charge is 0.233 e. The summed E-state index contributed by atoms with van der Waals surface area (Å²) in [4.78, 5) is 10.4. The van der Waals surface area contributed by atoms with Gasteiger partial charge in [-0.15, -0.1) is 0 Å². The maximum atomic E-state index is 10.4. The largest absolute Gasteiger partial charge is 0.494 e. The average Bonchev–Trinajstić information content (AvgIpc) is 2.29. The van der Waals surface area contributed by atoms with Crippen LogP contribution in [0.25, 0.3) is 0 Å². The van der Waals surface area contributed by atoms with Gasteiger partial charge in [0.25, 0.3) is 0 Å². The van der Waals surface area contributed by atoms with Crippen LogP contribution in [0.5, 0.6) is 5.75 Å². The molecule has 0 aromatic heterocycles. The summed E-state index contributed by atoms with van der Waals surface area (Å²) >= 11 is 0. The van der Waals surface area contributed by atoms with E-state index in [9.17, 15) is 4.79 Å². The van der Waals surface area contributed by atoms with Gasteiger partial charge in [0, 0.05) is 5.56 Å². The van der Waals surface area contributed by atoms with Crippen molar-refractivity contribution in [3.05, 3.63) is 29.8 Å². The molecule has 0 N–H and O–H groups in total. The Morgan fingerprint density at radius 1 is 1.27 bits per heavy atom. The third-order valence-corrected chi connectivity index (χ3v) is 2.22. The third kappa shape index (κ3) is 4.63. The van der Waals surface area contributed by atoms with Crippen molar-refractivity contribution in [1.29, 1.82) is 0 Å². The zero-order chi connectivity index (χ0) is 10.9. The molecule has 1 radical (unpaired) electrons. The summed E-state index contributed by atoms with van der Waals surface area (Å²) in [5, 5.41) is 0. The highest BCUT2D eigenvalue weighted by Crippen LogP contribution is 2.12. The van der Waals surface area contributed by atoms with E-state index in [4.69, 9.17) is 4.74 Å². The zero-order valence-corrected chi connectivity index (χ0v) is 9.16. The standard InChI is InChI=1S/C13H17O2/c1-2-3-4-5-9-15-13-8-6-7-12(10-13)11-14/h6-8,10H,2-5,9H2,1H3. The fourth-order valence-electron chi connectivity index (χ4n) is 1.37. The van der Waals surface area contributed by atoms with Gasteiger partial charge >= 0.3 is 0 Å². The van der Waals surface area contributed by atoms with Crippen LogP contribution in [0, 0.1) is 0 Å². The van der Waals surface area contributed by atoms with Gasteiger partial charge in [0.1, 0.15) is 5.75 Å². The highest BCUT2D eigenvalue weighted by atomic mass is 16.5. The van der Waals surface area contributed by atoms with Crippen LogP contribution in [0.3, 0.4) is 0 Å². The number of rotatable bonds is 7. The van der Waals surface area contributed by atoms with Gasteiger partial charge in [0.15, 0.2) is 0 Å². The Morgan fingerprint density at radius 3 is 2.87 bits per heavy atom. The van der Waals surface area contributed by atoms with Crippen molar-refractivity contribution in [2.24, 2.45) is 0 Å². The molecule has 0 fully saturated rings. The molecule has 81 valence electrons. The molecule has 1 rings (SSSR count). The predicted molar refractivity (Wildman–Crippen MR) is 60.9 cm³/mol. The minimum atomic E-state index is 0.543. The normalized spacial score (nSPS) is 9.93. The summed E-state index contributed by atoms with van der Waals surface area (Å²) in [6, 6.07) is 7.10. The molecular formula is C13H17O2. The number of benzene rings is 1. The van der Waals surface area contributed by atoms with Gasteiger partial charge in [0.2, 0.25) is 6.29 Å². The molecule has 0 saturated heterocycles. The lowest BCUT2D eigenvalue weighted by molar-refractivity contribution is 0.305. The molecule has 0 heterocycles. The van der Waals surface area contributed by atoms with Crippen molar-refractivity contribution < 1.29 is 9.53 Å². The molecule has 0 spiro atoms. The van der Waals surface area contributed by atoms with Crippen molar-refractivity contribution in [1.82, 2.24) is 0 Å². The van der Waals surface area contributed by atoms with Gasteiger partial charge in [-0.3, -0.25) is 4.79 Å². The summed E-state index contributed by atoms with van der Waals surface area (Å²) in [7, 11) is 0. The fraction of sp³-hybridized carbons (Fsp3) is 0.462. The van der Waals surface area contributed by atoms with E-state index < -0.39 is 0 Å². The van der Waals surface area contributed by atoms with E-state index in [0.717, 1.165) is 18.8 Å². The molecule has 0 unspecified atom stereocenters. The van der Waals surface area contributed by atoms with E-state index >= 15 is 0 Å². The van der Waals surface area contributed by atoms with E-state index in [2.05, 4.69) is 6.92 Å². The van der Waals surface area contributed by atoms with E-state index in [1.165, 1.54) is 19.3 Å². The van der Waals surface area contributed by atoms with Crippen molar-refractivity contribution in [2.45, 2.75) is 32.6 Å². The lowest BCUT2D eigenvalue weighted by Gasteiger charge is -2.05. The molecule has 0 aliphatic carbocycles. The average molecular weight is 205 g/mol. The Labute approximate surface area is 91.3 Å². The Balaban J connectivity index is 2.27. The summed E-state index contributed by atoms with van der Waals surface area (Å²) in [6.07, 6.45) is 6.61. The third-order valence-electron chi connectivity index (χ3n) is 2.22. The van der Waals surface area contributed by atoms with E-state index in [-0.39, 0.29) is 0 Å². The minimum absolute atomic E-state index is 0.543. The molecule has 2 nitrogen and oxygen atoms in total. The van der Waals surface area contributed by atoms with Crippen LogP contribution >= 0.6 is 0 Å². The van der Waals surface area contributed by atoms with Crippen molar-refractivity contribution >= 4 is 6.29 Å². The van der Waals surface area contributed by atoms with Crippen LogP contribution in [-0.4, -0.2) is 12.9 Å². The molecular weight excluding hydrogens is 188 g/mol. The van der Waals surface area contributed by atoms with Gasteiger partial charge < -0.3 is 4.74 Å². The van der Waals surface area contributed by atoms with Crippen LogP contribution in [-0.2, 0) is 4.79 Å². The Morgan fingerprint density at radius 2 is 2.13 bits per heavy atom. The molecule has 0 amide bonds. The Hall–Kier alpha value is -1.31. The molecule has 0 saturated carbocycles. The first-order chi connectivity index (χ1) is 7.36. The van der Waals surface area contributed by atoms with Gasteiger partial charge in [0.05, 0.1) is 6.61 Å². The molecule has 0 atom stereocenters. The molecule has 0 aliphatic heterocycles.